The van der Waals surface area contributed by atoms with Gasteiger partial charge in [-0.15, -0.1) is 0 Å². The zero-order valence-corrected chi connectivity index (χ0v) is 17.7. The van der Waals surface area contributed by atoms with Crippen molar-refractivity contribution in [2.24, 2.45) is 0 Å². The second kappa shape index (κ2) is 9.32. The summed E-state index contributed by atoms with van der Waals surface area (Å²) in [6, 6.07) is 15.7. The Balaban J connectivity index is 1.33. The Morgan fingerprint density at radius 1 is 1.23 bits per heavy atom. The Morgan fingerprint density at radius 3 is 2.73 bits per heavy atom. The van der Waals surface area contributed by atoms with Crippen LogP contribution >= 0.6 is 11.6 Å². The molecule has 2 N–H and O–H groups in total. The Hall–Kier alpha value is -2.83. The standard InChI is InChI=1S/C23H25ClN4O2/c1-30-20-4-2-3-16(13-20)15-28-11-9-19(10-12-28)26-23(29)21-14-25-27-22(21)17-5-7-18(24)8-6-17/h2-8,13-14,19H,9-12,15H2,1H3,(H,25,27)(H,26,29). The van der Waals surface area contributed by atoms with E-state index in [1.807, 2.05) is 24.3 Å². The third kappa shape index (κ3) is 4.83. The number of carbonyl (C=O) groups is 1. The Labute approximate surface area is 181 Å². The van der Waals surface area contributed by atoms with Gasteiger partial charge in [-0.25, -0.2) is 0 Å². The van der Waals surface area contributed by atoms with Crippen molar-refractivity contribution in [3.8, 4) is 17.0 Å². The molecule has 30 heavy (non-hydrogen) atoms. The molecule has 1 amide bonds. The second-order valence-corrected chi connectivity index (χ2v) is 7.98. The van der Waals surface area contributed by atoms with Gasteiger partial charge in [-0.2, -0.15) is 5.10 Å². The van der Waals surface area contributed by atoms with Crippen LogP contribution in [0.3, 0.4) is 0 Å². The van der Waals surface area contributed by atoms with Gasteiger partial charge >= 0.3 is 0 Å². The Kier molecular flexibility index (Phi) is 6.35. The number of amides is 1. The summed E-state index contributed by atoms with van der Waals surface area (Å²) in [4.78, 5) is 15.3. The number of H-pyrrole nitrogens is 1. The fourth-order valence-corrected chi connectivity index (χ4v) is 3.95. The zero-order chi connectivity index (χ0) is 20.9. The van der Waals surface area contributed by atoms with Crippen LogP contribution in [0.4, 0.5) is 0 Å². The number of carbonyl (C=O) groups excluding carboxylic acids is 1. The van der Waals surface area contributed by atoms with Crippen LogP contribution < -0.4 is 10.1 Å². The number of methoxy groups -OCH3 is 1. The van der Waals surface area contributed by atoms with Gasteiger partial charge in [-0.3, -0.25) is 14.8 Å². The van der Waals surface area contributed by atoms with Gasteiger partial charge in [-0.05, 0) is 42.7 Å². The molecule has 7 heteroatoms. The van der Waals surface area contributed by atoms with Crippen LogP contribution in [0.5, 0.6) is 5.75 Å². The highest BCUT2D eigenvalue weighted by atomic mass is 35.5. The molecule has 2 heterocycles. The molecule has 1 saturated heterocycles. The van der Waals surface area contributed by atoms with Crippen molar-refractivity contribution >= 4 is 17.5 Å². The van der Waals surface area contributed by atoms with E-state index < -0.39 is 0 Å². The lowest BCUT2D eigenvalue weighted by atomic mass is 10.0. The molecule has 2 aromatic carbocycles. The van der Waals surface area contributed by atoms with Crippen LogP contribution in [-0.4, -0.2) is 47.2 Å². The van der Waals surface area contributed by atoms with E-state index in [0.29, 0.717) is 16.3 Å². The predicted octanol–water partition coefficient (Wildman–Crippen LogP) is 4.13. The number of hydrogen-bond donors (Lipinski definition) is 2. The first-order valence-electron chi connectivity index (χ1n) is 10.1. The number of halogens is 1. The van der Waals surface area contributed by atoms with Crippen LogP contribution in [0.15, 0.2) is 54.7 Å². The third-order valence-electron chi connectivity index (χ3n) is 5.48. The molecular weight excluding hydrogens is 400 g/mol. The summed E-state index contributed by atoms with van der Waals surface area (Å²) < 4.78 is 5.31. The van der Waals surface area contributed by atoms with Crippen LogP contribution in [-0.2, 0) is 6.54 Å². The number of ether oxygens (including phenoxy) is 1. The number of benzene rings is 2. The van der Waals surface area contributed by atoms with E-state index in [9.17, 15) is 4.79 Å². The summed E-state index contributed by atoms with van der Waals surface area (Å²) in [7, 11) is 1.69. The van der Waals surface area contributed by atoms with Crippen molar-refractivity contribution in [1.82, 2.24) is 20.4 Å². The first-order chi connectivity index (χ1) is 14.6. The van der Waals surface area contributed by atoms with Gasteiger partial charge in [0.15, 0.2) is 0 Å². The first-order valence-corrected chi connectivity index (χ1v) is 10.5. The number of nitrogens with zero attached hydrogens (tertiary/aromatic N) is 2. The number of nitrogens with one attached hydrogen (secondary N) is 2. The van der Waals surface area contributed by atoms with Crippen molar-refractivity contribution in [3.63, 3.8) is 0 Å². The summed E-state index contributed by atoms with van der Waals surface area (Å²) in [6.45, 7) is 2.77. The SMILES string of the molecule is COc1cccc(CN2CCC(NC(=O)c3cn[nH]c3-c3ccc(Cl)cc3)CC2)c1. The molecule has 1 aromatic heterocycles. The maximum atomic E-state index is 12.9. The quantitative estimate of drug-likeness (QED) is 0.624. The van der Waals surface area contributed by atoms with E-state index in [1.54, 1.807) is 25.4 Å². The Bertz CT molecular complexity index is 994. The van der Waals surface area contributed by atoms with Crippen LogP contribution in [0.2, 0.25) is 5.02 Å². The highest BCUT2D eigenvalue weighted by molar-refractivity contribution is 6.30. The van der Waals surface area contributed by atoms with E-state index in [0.717, 1.165) is 43.8 Å². The summed E-state index contributed by atoms with van der Waals surface area (Å²) in [5.41, 5.74) is 3.38. The number of piperidine rings is 1. The minimum Gasteiger partial charge on any atom is -0.497 e. The van der Waals surface area contributed by atoms with E-state index in [4.69, 9.17) is 16.3 Å². The molecule has 156 valence electrons. The molecule has 6 nitrogen and oxygen atoms in total. The molecule has 1 aliphatic heterocycles. The van der Waals surface area contributed by atoms with Gasteiger partial charge in [0.05, 0.1) is 24.6 Å². The zero-order valence-electron chi connectivity index (χ0n) is 16.9. The summed E-state index contributed by atoms with van der Waals surface area (Å²) in [5, 5.41) is 10.8. The van der Waals surface area contributed by atoms with Gasteiger partial charge in [0.1, 0.15) is 5.75 Å². The minimum absolute atomic E-state index is 0.0973. The lowest BCUT2D eigenvalue weighted by Gasteiger charge is -2.32. The summed E-state index contributed by atoms with van der Waals surface area (Å²) >= 11 is 5.97. The van der Waals surface area contributed by atoms with Crippen molar-refractivity contribution in [1.29, 1.82) is 0 Å². The lowest BCUT2D eigenvalue weighted by molar-refractivity contribution is 0.0909. The number of aromatic amines is 1. The molecule has 1 aliphatic rings. The van der Waals surface area contributed by atoms with Crippen LogP contribution in [0, 0.1) is 0 Å². The monoisotopic (exact) mass is 424 g/mol. The van der Waals surface area contributed by atoms with E-state index in [-0.39, 0.29) is 11.9 Å². The number of hydrogen-bond acceptors (Lipinski definition) is 4. The predicted molar refractivity (Wildman–Crippen MR) is 118 cm³/mol. The molecule has 0 unspecified atom stereocenters. The molecule has 0 aliphatic carbocycles. The lowest BCUT2D eigenvalue weighted by Crippen LogP contribution is -2.44. The van der Waals surface area contributed by atoms with Crippen molar-refractivity contribution in [2.75, 3.05) is 20.2 Å². The fourth-order valence-electron chi connectivity index (χ4n) is 3.82. The first kappa shape index (κ1) is 20.4. The van der Waals surface area contributed by atoms with Crippen LogP contribution in [0.1, 0.15) is 28.8 Å². The average molecular weight is 425 g/mol. The normalized spacial score (nSPS) is 15.1. The van der Waals surface area contributed by atoms with Crippen LogP contribution in [0.25, 0.3) is 11.3 Å². The second-order valence-electron chi connectivity index (χ2n) is 7.54. The van der Waals surface area contributed by atoms with Gasteiger partial charge in [-0.1, -0.05) is 35.9 Å². The highest BCUT2D eigenvalue weighted by Crippen LogP contribution is 2.24. The summed E-state index contributed by atoms with van der Waals surface area (Å²) in [5.74, 6) is 0.784. The van der Waals surface area contributed by atoms with Gasteiger partial charge in [0.2, 0.25) is 0 Å². The molecule has 3 aromatic rings. The number of likely N-dealkylation sites (tertiary alicyclic amines) is 1. The van der Waals surface area contributed by atoms with Crippen molar-refractivity contribution < 1.29 is 9.53 Å². The smallest absolute Gasteiger partial charge is 0.255 e. The minimum atomic E-state index is -0.0973. The number of rotatable bonds is 6. The largest absolute Gasteiger partial charge is 0.497 e. The number of aromatic nitrogens is 2. The van der Waals surface area contributed by atoms with Crippen molar-refractivity contribution in [2.45, 2.75) is 25.4 Å². The summed E-state index contributed by atoms with van der Waals surface area (Å²) in [6.07, 6.45) is 3.42. The molecule has 0 spiro atoms. The van der Waals surface area contributed by atoms with E-state index in [1.165, 1.54) is 5.56 Å². The fraction of sp³-hybridized carbons (Fsp3) is 0.304. The molecule has 1 fully saturated rings. The molecule has 0 radical (unpaired) electrons. The van der Waals surface area contributed by atoms with E-state index >= 15 is 0 Å². The molecule has 0 atom stereocenters. The van der Waals surface area contributed by atoms with E-state index in [2.05, 4.69) is 32.5 Å². The topological polar surface area (TPSA) is 70.2 Å². The molecular formula is C23H25ClN4O2. The maximum absolute atomic E-state index is 12.9. The van der Waals surface area contributed by atoms with Gasteiger partial charge in [0.25, 0.3) is 5.91 Å². The highest BCUT2D eigenvalue weighted by Gasteiger charge is 2.23. The third-order valence-corrected chi connectivity index (χ3v) is 5.73. The average Bonchev–Trinajstić information content (AvgIpc) is 3.26. The molecule has 0 bridgehead atoms. The van der Waals surface area contributed by atoms with Gasteiger partial charge < -0.3 is 10.1 Å². The Morgan fingerprint density at radius 2 is 2.00 bits per heavy atom. The van der Waals surface area contributed by atoms with Crippen molar-refractivity contribution in [3.05, 3.63) is 70.9 Å². The maximum Gasteiger partial charge on any atom is 0.255 e. The molecule has 4 rings (SSSR count). The molecule has 0 saturated carbocycles. The van der Waals surface area contributed by atoms with Gasteiger partial charge in [0, 0.05) is 36.3 Å².